The first-order valence-corrected chi connectivity index (χ1v) is 4.55. The van der Waals surface area contributed by atoms with Crippen LogP contribution in [0, 0.1) is 12.3 Å². The highest BCUT2D eigenvalue weighted by Crippen LogP contribution is 2.17. The van der Waals surface area contributed by atoms with E-state index in [1.165, 1.54) is 0 Å². The second-order valence-electron chi connectivity index (χ2n) is 4.26. The number of carbonyl (C=O) groups is 1. The molecule has 0 bridgehead atoms. The molecule has 3 heteroatoms. The van der Waals surface area contributed by atoms with Gasteiger partial charge in [-0.2, -0.15) is 0 Å². The van der Waals surface area contributed by atoms with Gasteiger partial charge in [-0.3, -0.25) is 4.79 Å². The number of rotatable bonds is 1. The Bertz CT molecular complexity index is 339. The van der Waals surface area contributed by atoms with E-state index in [1.807, 2.05) is 39.8 Å². The number of aromatic nitrogens is 1. The Labute approximate surface area is 84.1 Å². The summed E-state index contributed by atoms with van der Waals surface area (Å²) in [6.07, 6.45) is 0. The van der Waals surface area contributed by atoms with Crippen molar-refractivity contribution in [1.82, 2.24) is 4.98 Å². The minimum atomic E-state index is -0.495. The van der Waals surface area contributed by atoms with Crippen LogP contribution in [-0.4, -0.2) is 11.0 Å². The zero-order valence-corrected chi connectivity index (χ0v) is 9.00. The molecule has 0 aliphatic heterocycles. The van der Waals surface area contributed by atoms with Crippen molar-refractivity contribution in [1.29, 1.82) is 0 Å². The molecule has 1 aromatic rings. The average molecular weight is 193 g/mol. The van der Waals surface area contributed by atoms with E-state index in [0.29, 0.717) is 5.88 Å². The van der Waals surface area contributed by atoms with Crippen LogP contribution in [0.3, 0.4) is 0 Å². The SMILES string of the molecule is Cc1cccc(OC(=O)C(C)(C)C)n1. The van der Waals surface area contributed by atoms with Crippen LogP contribution in [0.2, 0.25) is 0 Å². The fourth-order valence-electron chi connectivity index (χ4n) is 0.823. The number of esters is 1. The van der Waals surface area contributed by atoms with Crippen LogP contribution < -0.4 is 4.74 Å². The molecule has 0 fully saturated rings. The van der Waals surface area contributed by atoms with Crippen molar-refractivity contribution in [2.75, 3.05) is 0 Å². The van der Waals surface area contributed by atoms with Gasteiger partial charge in [-0.1, -0.05) is 6.07 Å². The molecule has 0 atom stereocenters. The molecule has 0 saturated carbocycles. The fourth-order valence-corrected chi connectivity index (χ4v) is 0.823. The third kappa shape index (κ3) is 2.83. The Morgan fingerprint density at radius 3 is 2.50 bits per heavy atom. The molecule has 0 aliphatic carbocycles. The molecule has 14 heavy (non-hydrogen) atoms. The van der Waals surface area contributed by atoms with Crippen molar-refractivity contribution in [3.63, 3.8) is 0 Å². The quantitative estimate of drug-likeness (QED) is 0.642. The molecule has 0 aliphatic rings. The standard InChI is InChI=1S/C11H15NO2/c1-8-6-5-7-9(12-8)14-10(13)11(2,3)4/h5-7H,1-4H3. The first kappa shape index (κ1) is 10.7. The van der Waals surface area contributed by atoms with E-state index in [4.69, 9.17) is 4.74 Å². The van der Waals surface area contributed by atoms with Gasteiger partial charge in [0, 0.05) is 11.8 Å². The normalized spacial score (nSPS) is 11.1. The van der Waals surface area contributed by atoms with Gasteiger partial charge < -0.3 is 4.74 Å². The predicted octanol–water partition coefficient (Wildman–Crippen LogP) is 2.34. The van der Waals surface area contributed by atoms with Gasteiger partial charge >= 0.3 is 5.97 Å². The van der Waals surface area contributed by atoms with E-state index in [2.05, 4.69) is 4.98 Å². The lowest BCUT2D eigenvalue weighted by Crippen LogP contribution is -2.25. The first-order chi connectivity index (χ1) is 6.39. The van der Waals surface area contributed by atoms with Gasteiger partial charge in [0.1, 0.15) is 0 Å². The highest BCUT2D eigenvalue weighted by Gasteiger charge is 2.23. The molecule has 0 aromatic carbocycles. The summed E-state index contributed by atoms with van der Waals surface area (Å²) >= 11 is 0. The van der Waals surface area contributed by atoms with Crippen LogP contribution in [0.15, 0.2) is 18.2 Å². The van der Waals surface area contributed by atoms with Gasteiger partial charge in [-0.05, 0) is 33.8 Å². The molecule has 1 heterocycles. The number of hydrogen-bond acceptors (Lipinski definition) is 3. The molecule has 0 N–H and O–H groups in total. The zero-order chi connectivity index (χ0) is 10.8. The summed E-state index contributed by atoms with van der Waals surface area (Å²) in [5.74, 6) is 0.0977. The van der Waals surface area contributed by atoms with Crippen molar-refractivity contribution >= 4 is 5.97 Å². The Hall–Kier alpha value is -1.38. The fraction of sp³-hybridized carbons (Fsp3) is 0.455. The van der Waals surface area contributed by atoms with Crippen LogP contribution >= 0.6 is 0 Å². The summed E-state index contributed by atoms with van der Waals surface area (Å²) in [6.45, 7) is 7.29. The molecule has 0 saturated heterocycles. The molecular formula is C11H15NO2. The monoisotopic (exact) mass is 193 g/mol. The van der Waals surface area contributed by atoms with Gasteiger partial charge in [-0.15, -0.1) is 0 Å². The van der Waals surface area contributed by atoms with Gasteiger partial charge in [0.25, 0.3) is 0 Å². The predicted molar refractivity (Wildman–Crippen MR) is 54.1 cm³/mol. The number of ether oxygens (including phenoxy) is 1. The highest BCUT2D eigenvalue weighted by atomic mass is 16.5. The third-order valence-corrected chi connectivity index (χ3v) is 1.67. The van der Waals surface area contributed by atoms with E-state index in [9.17, 15) is 4.79 Å². The summed E-state index contributed by atoms with van der Waals surface area (Å²) in [7, 11) is 0. The molecule has 1 aromatic heterocycles. The number of carbonyl (C=O) groups excluding carboxylic acids is 1. The Kier molecular flexibility index (Phi) is 2.89. The lowest BCUT2D eigenvalue weighted by atomic mass is 9.97. The number of nitrogens with zero attached hydrogens (tertiary/aromatic N) is 1. The van der Waals surface area contributed by atoms with Crippen molar-refractivity contribution in [3.05, 3.63) is 23.9 Å². The molecule has 0 radical (unpaired) electrons. The molecule has 3 nitrogen and oxygen atoms in total. The van der Waals surface area contributed by atoms with E-state index in [1.54, 1.807) is 6.07 Å². The minimum Gasteiger partial charge on any atom is -0.407 e. The van der Waals surface area contributed by atoms with Crippen LogP contribution in [0.5, 0.6) is 5.88 Å². The summed E-state index contributed by atoms with van der Waals surface area (Å²) in [5.41, 5.74) is 0.343. The second kappa shape index (κ2) is 3.78. The van der Waals surface area contributed by atoms with Gasteiger partial charge in [0.2, 0.25) is 5.88 Å². The van der Waals surface area contributed by atoms with E-state index < -0.39 is 5.41 Å². The molecule has 1 rings (SSSR count). The van der Waals surface area contributed by atoms with Crippen molar-refractivity contribution in [2.24, 2.45) is 5.41 Å². The largest absolute Gasteiger partial charge is 0.407 e. The lowest BCUT2D eigenvalue weighted by Gasteiger charge is -2.15. The lowest BCUT2D eigenvalue weighted by molar-refractivity contribution is -0.143. The van der Waals surface area contributed by atoms with E-state index >= 15 is 0 Å². The Balaban J connectivity index is 2.75. The maximum absolute atomic E-state index is 11.5. The van der Waals surface area contributed by atoms with E-state index in [-0.39, 0.29) is 5.97 Å². The van der Waals surface area contributed by atoms with Crippen molar-refractivity contribution < 1.29 is 9.53 Å². The summed E-state index contributed by atoms with van der Waals surface area (Å²) < 4.78 is 5.11. The number of aryl methyl sites for hydroxylation is 1. The van der Waals surface area contributed by atoms with E-state index in [0.717, 1.165) is 5.69 Å². The molecule has 0 spiro atoms. The summed E-state index contributed by atoms with van der Waals surface area (Å²) in [4.78, 5) is 15.6. The van der Waals surface area contributed by atoms with Crippen LogP contribution in [0.25, 0.3) is 0 Å². The molecule has 0 unspecified atom stereocenters. The second-order valence-corrected chi connectivity index (χ2v) is 4.26. The molecule has 76 valence electrons. The summed E-state index contributed by atoms with van der Waals surface area (Å²) in [5, 5.41) is 0. The van der Waals surface area contributed by atoms with Crippen molar-refractivity contribution in [2.45, 2.75) is 27.7 Å². The maximum Gasteiger partial charge on any atom is 0.317 e. The van der Waals surface area contributed by atoms with Crippen LogP contribution in [0.4, 0.5) is 0 Å². The van der Waals surface area contributed by atoms with Gasteiger partial charge in [0.05, 0.1) is 5.41 Å². The smallest absolute Gasteiger partial charge is 0.317 e. The zero-order valence-electron chi connectivity index (χ0n) is 9.00. The topological polar surface area (TPSA) is 39.2 Å². The van der Waals surface area contributed by atoms with Gasteiger partial charge in [0.15, 0.2) is 0 Å². The summed E-state index contributed by atoms with van der Waals surface area (Å²) in [6, 6.07) is 5.35. The Morgan fingerprint density at radius 1 is 1.36 bits per heavy atom. The number of hydrogen-bond donors (Lipinski definition) is 0. The van der Waals surface area contributed by atoms with Crippen molar-refractivity contribution in [3.8, 4) is 5.88 Å². The highest BCUT2D eigenvalue weighted by molar-refractivity contribution is 5.77. The minimum absolute atomic E-state index is 0.268. The maximum atomic E-state index is 11.5. The van der Waals surface area contributed by atoms with Crippen LogP contribution in [-0.2, 0) is 4.79 Å². The van der Waals surface area contributed by atoms with Crippen LogP contribution in [0.1, 0.15) is 26.5 Å². The Morgan fingerprint density at radius 2 is 2.00 bits per heavy atom. The molecular weight excluding hydrogens is 178 g/mol. The molecule has 0 amide bonds. The van der Waals surface area contributed by atoms with Gasteiger partial charge in [-0.25, -0.2) is 4.98 Å². The average Bonchev–Trinajstić information content (AvgIpc) is 2.02. The third-order valence-electron chi connectivity index (χ3n) is 1.67. The first-order valence-electron chi connectivity index (χ1n) is 4.55. The number of pyridine rings is 1.